The first-order chi connectivity index (χ1) is 18.0. The summed E-state index contributed by atoms with van der Waals surface area (Å²) in [5.41, 5.74) is 4.69. The molecule has 3 aromatic rings. The molecule has 0 saturated carbocycles. The van der Waals surface area contributed by atoms with Crippen LogP contribution in [0, 0.1) is 6.92 Å². The van der Waals surface area contributed by atoms with Crippen molar-refractivity contribution in [3.05, 3.63) is 95.3 Å². The van der Waals surface area contributed by atoms with Crippen LogP contribution >= 0.6 is 0 Å². The van der Waals surface area contributed by atoms with Crippen LogP contribution in [0.1, 0.15) is 27.0 Å². The van der Waals surface area contributed by atoms with Gasteiger partial charge in [0.25, 0.3) is 5.91 Å². The Bertz CT molecular complexity index is 1220. The van der Waals surface area contributed by atoms with Gasteiger partial charge in [-0.2, -0.15) is 0 Å². The van der Waals surface area contributed by atoms with Gasteiger partial charge in [-0.25, -0.2) is 0 Å². The molecule has 0 radical (unpaired) electrons. The first-order valence-electron chi connectivity index (χ1n) is 12.5. The van der Waals surface area contributed by atoms with Gasteiger partial charge in [0.2, 0.25) is 5.91 Å². The number of carbonyl (C=O) groups is 2. The number of pyridine rings is 1. The van der Waals surface area contributed by atoms with E-state index in [2.05, 4.69) is 25.4 Å². The van der Waals surface area contributed by atoms with Gasteiger partial charge in [-0.1, -0.05) is 24.3 Å². The predicted molar refractivity (Wildman–Crippen MR) is 146 cm³/mol. The lowest BCUT2D eigenvalue weighted by Crippen LogP contribution is -2.46. The number of hydrogen-bond acceptors (Lipinski definition) is 6. The van der Waals surface area contributed by atoms with Crippen molar-refractivity contribution in [1.82, 2.24) is 14.8 Å². The molecule has 8 heteroatoms. The molecule has 1 fully saturated rings. The fourth-order valence-corrected chi connectivity index (χ4v) is 4.19. The molecule has 0 spiro atoms. The van der Waals surface area contributed by atoms with Crippen LogP contribution in [0.4, 0.5) is 11.4 Å². The van der Waals surface area contributed by atoms with E-state index in [1.165, 1.54) is 6.08 Å². The van der Waals surface area contributed by atoms with Crippen LogP contribution in [-0.2, 0) is 11.3 Å². The Morgan fingerprint density at radius 1 is 1.00 bits per heavy atom. The quantitative estimate of drug-likeness (QED) is 0.391. The molecular weight excluding hydrogens is 466 g/mol. The molecule has 1 aliphatic rings. The molecule has 2 aromatic carbocycles. The number of benzene rings is 2. The maximum absolute atomic E-state index is 12.8. The summed E-state index contributed by atoms with van der Waals surface area (Å²) in [5.74, 6) is -0.470. The van der Waals surface area contributed by atoms with E-state index in [-0.39, 0.29) is 18.4 Å². The maximum Gasteiger partial charge on any atom is 0.255 e. The molecule has 4 rings (SSSR count). The molecule has 3 N–H and O–H groups in total. The minimum Gasteiger partial charge on any atom is -0.395 e. The van der Waals surface area contributed by atoms with E-state index in [9.17, 15) is 9.59 Å². The van der Waals surface area contributed by atoms with Gasteiger partial charge in [-0.15, -0.1) is 0 Å². The van der Waals surface area contributed by atoms with E-state index in [0.29, 0.717) is 16.9 Å². The Morgan fingerprint density at radius 3 is 2.46 bits per heavy atom. The number of piperazine rings is 1. The van der Waals surface area contributed by atoms with Gasteiger partial charge in [0, 0.05) is 74.7 Å². The highest BCUT2D eigenvalue weighted by Gasteiger charge is 2.16. The van der Waals surface area contributed by atoms with Crippen molar-refractivity contribution in [3.63, 3.8) is 0 Å². The number of anilines is 2. The summed E-state index contributed by atoms with van der Waals surface area (Å²) in [4.78, 5) is 33.9. The third-order valence-electron chi connectivity index (χ3n) is 6.37. The average molecular weight is 500 g/mol. The zero-order valence-corrected chi connectivity index (χ0v) is 21.1. The Morgan fingerprint density at radius 2 is 1.76 bits per heavy atom. The lowest BCUT2D eigenvalue weighted by molar-refractivity contribution is -0.111. The number of aryl methyl sites for hydroxylation is 1. The summed E-state index contributed by atoms with van der Waals surface area (Å²) in [6.07, 6.45) is 6.51. The standard InChI is InChI=1S/C29H33N5O3/c1-22-4-10-26(19-27(22)32-28(36)11-7-23-3-2-12-30-20-23)31-29(37)25-8-5-24(6-9-25)21-34-15-13-33(14-16-34)17-18-35/h2-12,19-20,35H,13-18,21H2,1H3,(H,31,37)(H,32,36)/b11-7+. The minimum absolute atomic E-state index is 0.201. The van der Waals surface area contributed by atoms with Gasteiger partial charge < -0.3 is 15.7 Å². The summed E-state index contributed by atoms with van der Waals surface area (Å²) in [5, 5.41) is 14.9. The number of rotatable bonds is 9. The van der Waals surface area contributed by atoms with Gasteiger partial charge >= 0.3 is 0 Å². The van der Waals surface area contributed by atoms with Crippen LogP contribution in [0.15, 0.2) is 73.1 Å². The van der Waals surface area contributed by atoms with Crippen LogP contribution in [0.2, 0.25) is 0 Å². The Labute approximate surface area is 217 Å². The highest BCUT2D eigenvalue weighted by molar-refractivity contribution is 6.05. The molecule has 1 aliphatic heterocycles. The van der Waals surface area contributed by atoms with E-state index in [4.69, 9.17) is 5.11 Å². The molecule has 1 aromatic heterocycles. The SMILES string of the molecule is Cc1ccc(NC(=O)c2ccc(CN3CCN(CCO)CC3)cc2)cc1NC(=O)/C=C/c1cccnc1. The number of hydrogen-bond donors (Lipinski definition) is 3. The number of β-amino-alcohol motifs (C(OH)–C–C–N with tert-alkyl or cyclic N) is 1. The largest absolute Gasteiger partial charge is 0.395 e. The topological polar surface area (TPSA) is 97.8 Å². The van der Waals surface area contributed by atoms with Gasteiger partial charge in [-0.05, 0) is 60.0 Å². The predicted octanol–water partition coefficient (Wildman–Crippen LogP) is 3.40. The van der Waals surface area contributed by atoms with E-state index in [1.807, 2.05) is 55.5 Å². The number of amides is 2. The second kappa shape index (κ2) is 12.9. The monoisotopic (exact) mass is 499 g/mol. The molecule has 0 atom stereocenters. The first kappa shape index (κ1) is 26.2. The van der Waals surface area contributed by atoms with Crippen LogP contribution < -0.4 is 10.6 Å². The van der Waals surface area contributed by atoms with E-state index in [0.717, 1.165) is 56.0 Å². The van der Waals surface area contributed by atoms with E-state index < -0.39 is 0 Å². The Hall–Kier alpha value is -3.85. The molecule has 192 valence electrons. The fraction of sp³-hybridized carbons (Fsp3) is 0.276. The van der Waals surface area contributed by atoms with Crippen molar-refractivity contribution in [1.29, 1.82) is 0 Å². The van der Waals surface area contributed by atoms with Crippen molar-refractivity contribution in [2.24, 2.45) is 0 Å². The van der Waals surface area contributed by atoms with Crippen molar-refractivity contribution in [2.75, 3.05) is 50.0 Å². The zero-order valence-electron chi connectivity index (χ0n) is 21.1. The number of nitrogens with one attached hydrogen (secondary N) is 2. The molecule has 8 nitrogen and oxygen atoms in total. The number of aliphatic hydroxyl groups excluding tert-OH is 1. The molecule has 1 saturated heterocycles. The molecule has 0 unspecified atom stereocenters. The maximum atomic E-state index is 12.8. The Balaban J connectivity index is 1.31. The van der Waals surface area contributed by atoms with Crippen molar-refractivity contribution < 1.29 is 14.7 Å². The molecule has 2 heterocycles. The molecule has 0 bridgehead atoms. The van der Waals surface area contributed by atoms with Gasteiger partial charge in [0.05, 0.1) is 6.61 Å². The van der Waals surface area contributed by atoms with Crippen LogP contribution in [0.5, 0.6) is 0 Å². The van der Waals surface area contributed by atoms with Crippen LogP contribution in [0.3, 0.4) is 0 Å². The number of nitrogens with zero attached hydrogens (tertiary/aromatic N) is 3. The third kappa shape index (κ3) is 7.82. The van der Waals surface area contributed by atoms with E-state index in [1.54, 1.807) is 24.5 Å². The van der Waals surface area contributed by atoms with Gasteiger partial charge in [0.1, 0.15) is 0 Å². The second-order valence-electron chi connectivity index (χ2n) is 9.13. The van der Waals surface area contributed by atoms with Crippen LogP contribution in [-0.4, -0.2) is 71.0 Å². The minimum atomic E-state index is -0.263. The van der Waals surface area contributed by atoms with Crippen LogP contribution in [0.25, 0.3) is 6.08 Å². The highest BCUT2D eigenvalue weighted by Crippen LogP contribution is 2.21. The number of aliphatic hydroxyl groups is 1. The summed E-state index contributed by atoms with van der Waals surface area (Å²) in [7, 11) is 0. The summed E-state index contributed by atoms with van der Waals surface area (Å²) < 4.78 is 0. The number of aromatic nitrogens is 1. The number of carbonyl (C=O) groups excluding carboxylic acids is 2. The summed E-state index contributed by atoms with van der Waals surface area (Å²) >= 11 is 0. The Kier molecular flexibility index (Phi) is 9.15. The highest BCUT2D eigenvalue weighted by atomic mass is 16.3. The lowest BCUT2D eigenvalue weighted by Gasteiger charge is -2.34. The zero-order chi connectivity index (χ0) is 26.0. The molecule has 37 heavy (non-hydrogen) atoms. The first-order valence-corrected chi connectivity index (χ1v) is 12.5. The van der Waals surface area contributed by atoms with Gasteiger partial charge in [-0.3, -0.25) is 24.4 Å². The van der Waals surface area contributed by atoms with E-state index >= 15 is 0 Å². The van der Waals surface area contributed by atoms with Gasteiger partial charge in [0.15, 0.2) is 0 Å². The fourth-order valence-electron chi connectivity index (χ4n) is 4.19. The van der Waals surface area contributed by atoms with Crippen molar-refractivity contribution in [2.45, 2.75) is 13.5 Å². The third-order valence-corrected chi connectivity index (χ3v) is 6.37. The smallest absolute Gasteiger partial charge is 0.255 e. The van der Waals surface area contributed by atoms with Crippen molar-refractivity contribution >= 4 is 29.3 Å². The average Bonchev–Trinajstić information content (AvgIpc) is 2.92. The molecule has 2 amide bonds. The normalized spacial score (nSPS) is 14.5. The van der Waals surface area contributed by atoms with Crippen molar-refractivity contribution in [3.8, 4) is 0 Å². The summed E-state index contributed by atoms with van der Waals surface area (Å²) in [6, 6.07) is 16.8. The second-order valence-corrected chi connectivity index (χ2v) is 9.13. The molecular formula is C29H33N5O3. The molecule has 0 aliphatic carbocycles. The summed E-state index contributed by atoms with van der Waals surface area (Å²) in [6.45, 7) is 7.52. The lowest BCUT2D eigenvalue weighted by atomic mass is 10.1.